The van der Waals surface area contributed by atoms with Gasteiger partial charge in [0.15, 0.2) is 6.04 Å². The molecule has 1 fully saturated rings. The van der Waals surface area contributed by atoms with Crippen LogP contribution in [0, 0.1) is 6.92 Å². The second kappa shape index (κ2) is 4.85. The van der Waals surface area contributed by atoms with Crippen LogP contribution < -0.4 is 0 Å². The number of aliphatic carboxylic acids is 1. The maximum absolute atomic E-state index is 11.5. The number of imidazole rings is 1. The third-order valence-corrected chi connectivity index (χ3v) is 3.08. The first-order valence-corrected chi connectivity index (χ1v) is 5.63. The SMILES string of the molecule is Cc1ncn(C)c1C(C(=O)O)N1CCOCC1. The van der Waals surface area contributed by atoms with Gasteiger partial charge in [-0.15, -0.1) is 0 Å². The van der Waals surface area contributed by atoms with Gasteiger partial charge in [-0.2, -0.15) is 0 Å². The molecule has 0 saturated carbocycles. The fourth-order valence-corrected chi connectivity index (χ4v) is 2.23. The lowest BCUT2D eigenvalue weighted by Crippen LogP contribution is -2.43. The van der Waals surface area contributed by atoms with Gasteiger partial charge in [0.25, 0.3) is 0 Å². The molecule has 1 aliphatic rings. The lowest BCUT2D eigenvalue weighted by molar-refractivity contribution is -0.145. The highest BCUT2D eigenvalue weighted by Crippen LogP contribution is 2.24. The number of carboxylic acids is 1. The summed E-state index contributed by atoms with van der Waals surface area (Å²) in [5, 5.41) is 9.42. The van der Waals surface area contributed by atoms with E-state index in [4.69, 9.17) is 4.74 Å². The van der Waals surface area contributed by atoms with Crippen molar-refractivity contribution >= 4 is 5.97 Å². The minimum atomic E-state index is -0.835. The zero-order chi connectivity index (χ0) is 12.4. The third kappa shape index (κ3) is 2.32. The fraction of sp³-hybridized carbons (Fsp3) is 0.636. The van der Waals surface area contributed by atoms with E-state index >= 15 is 0 Å². The summed E-state index contributed by atoms with van der Waals surface area (Å²) in [6.45, 7) is 4.29. The summed E-state index contributed by atoms with van der Waals surface area (Å²) in [4.78, 5) is 17.6. The Bertz CT molecular complexity index is 391. The molecule has 0 amide bonds. The van der Waals surface area contributed by atoms with E-state index in [9.17, 15) is 9.90 Å². The first kappa shape index (κ1) is 12.1. The average molecular weight is 239 g/mol. The van der Waals surface area contributed by atoms with Crippen molar-refractivity contribution in [3.05, 3.63) is 17.7 Å². The summed E-state index contributed by atoms with van der Waals surface area (Å²) in [5.74, 6) is -0.835. The second-order valence-electron chi connectivity index (χ2n) is 4.22. The number of carboxylic acid groups (broad SMARTS) is 1. The van der Waals surface area contributed by atoms with Gasteiger partial charge in [0, 0.05) is 20.1 Å². The molecule has 0 radical (unpaired) electrons. The van der Waals surface area contributed by atoms with Crippen LogP contribution in [0.1, 0.15) is 17.4 Å². The van der Waals surface area contributed by atoms with Crippen LogP contribution in [-0.4, -0.2) is 51.8 Å². The third-order valence-electron chi connectivity index (χ3n) is 3.08. The Labute approximate surface area is 99.8 Å². The Kier molecular flexibility index (Phi) is 3.44. The van der Waals surface area contributed by atoms with Crippen molar-refractivity contribution in [3.63, 3.8) is 0 Å². The van der Waals surface area contributed by atoms with E-state index in [0.717, 1.165) is 11.4 Å². The summed E-state index contributed by atoms with van der Waals surface area (Å²) in [6, 6.07) is -0.633. The van der Waals surface area contributed by atoms with Gasteiger partial charge in [-0.1, -0.05) is 0 Å². The van der Waals surface area contributed by atoms with Gasteiger partial charge < -0.3 is 14.4 Å². The lowest BCUT2D eigenvalue weighted by Gasteiger charge is -2.32. The van der Waals surface area contributed by atoms with Crippen LogP contribution >= 0.6 is 0 Å². The van der Waals surface area contributed by atoms with Crippen LogP contribution in [0.15, 0.2) is 6.33 Å². The van der Waals surface area contributed by atoms with E-state index in [1.807, 2.05) is 18.9 Å². The maximum atomic E-state index is 11.5. The van der Waals surface area contributed by atoms with Gasteiger partial charge in [0.05, 0.1) is 30.9 Å². The molecule has 1 aromatic rings. The number of nitrogens with zero attached hydrogens (tertiary/aromatic N) is 3. The van der Waals surface area contributed by atoms with E-state index in [-0.39, 0.29) is 0 Å². The van der Waals surface area contributed by atoms with Crippen molar-refractivity contribution in [2.24, 2.45) is 7.05 Å². The number of carbonyl (C=O) groups is 1. The number of rotatable bonds is 3. The number of aryl methyl sites for hydroxylation is 2. The van der Waals surface area contributed by atoms with E-state index in [1.165, 1.54) is 0 Å². The predicted molar refractivity (Wildman–Crippen MR) is 60.7 cm³/mol. The first-order chi connectivity index (χ1) is 8.11. The monoisotopic (exact) mass is 239 g/mol. The number of morpholine rings is 1. The Morgan fingerprint density at radius 3 is 2.65 bits per heavy atom. The number of ether oxygens (including phenoxy) is 1. The normalized spacial score (nSPS) is 19.2. The van der Waals surface area contributed by atoms with Gasteiger partial charge in [-0.25, -0.2) is 4.98 Å². The van der Waals surface area contributed by atoms with Crippen molar-refractivity contribution in [1.29, 1.82) is 0 Å². The Hall–Kier alpha value is -1.40. The number of hydrogen-bond donors (Lipinski definition) is 1. The van der Waals surface area contributed by atoms with Crippen LogP contribution in [0.2, 0.25) is 0 Å². The molecule has 94 valence electrons. The number of aromatic nitrogens is 2. The Balaban J connectivity index is 2.31. The molecule has 2 heterocycles. The van der Waals surface area contributed by atoms with Gasteiger partial charge in [-0.05, 0) is 6.92 Å². The molecule has 1 unspecified atom stereocenters. The summed E-state index contributed by atoms with van der Waals surface area (Å²) in [7, 11) is 1.83. The lowest BCUT2D eigenvalue weighted by atomic mass is 10.1. The van der Waals surface area contributed by atoms with Crippen LogP contribution in [0.3, 0.4) is 0 Å². The molecule has 0 spiro atoms. The molecule has 1 atom stereocenters. The molecular formula is C11H17N3O3. The van der Waals surface area contributed by atoms with Crippen molar-refractivity contribution in [2.45, 2.75) is 13.0 Å². The molecule has 0 aliphatic carbocycles. The van der Waals surface area contributed by atoms with Gasteiger partial charge in [0.1, 0.15) is 0 Å². The molecular weight excluding hydrogens is 222 g/mol. The standard InChI is InChI=1S/C11H17N3O3/c1-8-9(13(2)7-12-8)10(11(15)16)14-3-5-17-6-4-14/h7,10H,3-6H2,1-2H3,(H,15,16). The van der Waals surface area contributed by atoms with Crippen molar-refractivity contribution in [3.8, 4) is 0 Å². The summed E-state index contributed by atoms with van der Waals surface area (Å²) in [5.41, 5.74) is 1.52. The molecule has 6 nitrogen and oxygen atoms in total. The summed E-state index contributed by atoms with van der Waals surface area (Å²) in [6.07, 6.45) is 1.65. The minimum absolute atomic E-state index is 0.584. The molecule has 17 heavy (non-hydrogen) atoms. The molecule has 2 rings (SSSR count). The van der Waals surface area contributed by atoms with Crippen LogP contribution in [0.25, 0.3) is 0 Å². The first-order valence-electron chi connectivity index (χ1n) is 5.63. The molecule has 1 aliphatic heterocycles. The van der Waals surface area contributed by atoms with Crippen LogP contribution in [0.4, 0.5) is 0 Å². The highest BCUT2D eigenvalue weighted by Gasteiger charge is 2.32. The minimum Gasteiger partial charge on any atom is -0.480 e. The van der Waals surface area contributed by atoms with E-state index < -0.39 is 12.0 Å². The highest BCUT2D eigenvalue weighted by atomic mass is 16.5. The maximum Gasteiger partial charge on any atom is 0.327 e. The molecule has 1 aromatic heterocycles. The fourth-order valence-electron chi connectivity index (χ4n) is 2.23. The van der Waals surface area contributed by atoms with Crippen molar-refractivity contribution < 1.29 is 14.6 Å². The number of hydrogen-bond acceptors (Lipinski definition) is 4. The van der Waals surface area contributed by atoms with Crippen LogP contribution in [0.5, 0.6) is 0 Å². The van der Waals surface area contributed by atoms with Crippen molar-refractivity contribution in [2.75, 3.05) is 26.3 Å². The van der Waals surface area contributed by atoms with Gasteiger partial charge >= 0.3 is 5.97 Å². The summed E-state index contributed by atoms with van der Waals surface area (Å²) < 4.78 is 7.03. The molecule has 1 saturated heterocycles. The predicted octanol–water partition coefficient (Wildman–Crippen LogP) is 0.186. The van der Waals surface area contributed by atoms with E-state index in [1.54, 1.807) is 10.9 Å². The quantitative estimate of drug-likeness (QED) is 0.815. The Morgan fingerprint density at radius 1 is 1.53 bits per heavy atom. The van der Waals surface area contributed by atoms with Crippen LogP contribution in [-0.2, 0) is 16.6 Å². The largest absolute Gasteiger partial charge is 0.480 e. The molecule has 0 bridgehead atoms. The highest BCUT2D eigenvalue weighted by molar-refractivity contribution is 5.75. The zero-order valence-electron chi connectivity index (χ0n) is 10.1. The topological polar surface area (TPSA) is 67.6 Å². The van der Waals surface area contributed by atoms with Crippen molar-refractivity contribution in [1.82, 2.24) is 14.5 Å². The summed E-state index contributed by atoms with van der Waals surface area (Å²) >= 11 is 0. The molecule has 1 N–H and O–H groups in total. The zero-order valence-corrected chi connectivity index (χ0v) is 10.1. The Morgan fingerprint density at radius 2 is 2.18 bits per heavy atom. The second-order valence-corrected chi connectivity index (χ2v) is 4.22. The van der Waals surface area contributed by atoms with Gasteiger partial charge in [-0.3, -0.25) is 9.69 Å². The van der Waals surface area contributed by atoms with E-state index in [2.05, 4.69) is 4.98 Å². The average Bonchev–Trinajstić information content (AvgIpc) is 2.62. The smallest absolute Gasteiger partial charge is 0.327 e. The molecule has 0 aromatic carbocycles. The van der Waals surface area contributed by atoms with Gasteiger partial charge in [0.2, 0.25) is 0 Å². The van der Waals surface area contributed by atoms with E-state index in [0.29, 0.717) is 26.3 Å². The molecule has 6 heteroatoms.